The molecule has 0 aliphatic carbocycles. The van der Waals surface area contributed by atoms with Gasteiger partial charge in [-0.05, 0) is 91.0 Å². The van der Waals surface area contributed by atoms with Gasteiger partial charge >= 0.3 is 0 Å². The topological polar surface area (TPSA) is 69.3 Å². The van der Waals surface area contributed by atoms with Gasteiger partial charge in [0.2, 0.25) is 0 Å². The molecule has 5 heterocycles. The van der Waals surface area contributed by atoms with E-state index in [-0.39, 0.29) is 0 Å². The van der Waals surface area contributed by atoms with Crippen molar-refractivity contribution in [1.82, 2.24) is 28.2 Å². The fourth-order valence-corrected chi connectivity index (χ4v) is 12.4. The Balaban J connectivity index is 0.993. The third-order valence-electron chi connectivity index (χ3n) is 15.8. The number of nitriles is 1. The summed E-state index contributed by atoms with van der Waals surface area (Å²) < 4.78 is 9.29. The zero-order valence-electron chi connectivity index (χ0n) is 42.0. The summed E-state index contributed by atoms with van der Waals surface area (Å²) in [4.78, 5) is 10.8. The van der Waals surface area contributed by atoms with E-state index in [9.17, 15) is 5.26 Å². The third kappa shape index (κ3) is 6.51. The first kappa shape index (κ1) is 43.6. The standard InChI is InChI=1S/C71H43N7/c72-44-58-69(77-65-33-17-11-27-54(65)56-41-48(35-37-67(56)77)75-61-29-13-7-23-50(61)51-24-8-14-30-62(51)75)39-47(71-73-59(45-19-3-1-4-20-45)43-60(74-71)46-21-5-2-6-22-46)40-70(58)78-66-34-18-12-28-55(66)57-42-49(36-38-68(57)78)76-63-31-15-9-25-52(63)53-26-10-16-32-64(53)76/h1-43H. The molecule has 0 saturated heterocycles. The zero-order valence-corrected chi connectivity index (χ0v) is 42.0. The lowest BCUT2D eigenvalue weighted by Crippen LogP contribution is -2.06. The summed E-state index contributed by atoms with van der Waals surface area (Å²) in [5, 5.41) is 21.1. The summed E-state index contributed by atoms with van der Waals surface area (Å²) in [5.74, 6) is 0.547. The van der Waals surface area contributed by atoms with Crippen molar-refractivity contribution >= 4 is 87.2 Å². The second-order valence-electron chi connectivity index (χ2n) is 20.0. The van der Waals surface area contributed by atoms with Gasteiger partial charge in [0.1, 0.15) is 11.6 Å². The van der Waals surface area contributed by atoms with Gasteiger partial charge in [0, 0.05) is 71.2 Å². The minimum Gasteiger partial charge on any atom is -0.309 e. The summed E-state index contributed by atoms with van der Waals surface area (Å²) in [6.07, 6.45) is 0. The lowest BCUT2D eigenvalue weighted by Gasteiger charge is -2.19. The maximum atomic E-state index is 12.0. The van der Waals surface area contributed by atoms with E-state index in [0.29, 0.717) is 11.4 Å². The number of hydrogen-bond acceptors (Lipinski definition) is 3. The molecule has 0 atom stereocenters. The molecule has 7 nitrogen and oxygen atoms in total. The first-order chi connectivity index (χ1) is 38.7. The lowest BCUT2D eigenvalue weighted by molar-refractivity contribution is 1.10. The largest absolute Gasteiger partial charge is 0.309 e. The second kappa shape index (κ2) is 17.1. The van der Waals surface area contributed by atoms with E-state index in [0.717, 1.165) is 117 Å². The molecule has 362 valence electrons. The highest BCUT2D eigenvalue weighted by Crippen LogP contribution is 2.43. The van der Waals surface area contributed by atoms with Crippen molar-refractivity contribution in [3.8, 4) is 62.7 Å². The summed E-state index contributed by atoms with van der Waals surface area (Å²) in [6.45, 7) is 0. The molecule has 7 heteroatoms. The maximum absolute atomic E-state index is 12.0. The predicted octanol–water partition coefficient (Wildman–Crippen LogP) is 17.7. The minimum atomic E-state index is 0.518. The fourth-order valence-electron chi connectivity index (χ4n) is 12.4. The summed E-state index contributed by atoms with van der Waals surface area (Å²) in [6, 6.07) is 94.8. The number of para-hydroxylation sites is 6. The highest BCUT2D eigenvalue weighted by Gasteiger charge is 2.25. The molecular formula is C71H43N7. The van der Waals surface area contributed by atoms with Gasteiger partial charge in [-0.25, -0.2) is 9.97 Å². The average molecular weight is 994 g/mol. The molecule has 0 unspecified atom stereocenters. The Morgan fingerprint density at radius 1 is 0.269 bits per heavy atom. The van der Waals surface area contributed by atoms with Crippen LogP contribution in [0.15, 0.2) is 261 Å². The van der Waals surface area contributed by atoms with Crippen LogP contribution in [0.4, 0.5) is 0 Å². The minimum absolute atomic E-state index is 0.518. The molecule has 0 bridgehead atoms. The van der Waals surface area contributed by atoms with Crippen molar-refractivity contribution < 1.29 is 0 Å². The van der Waals surface area contributed by atoms with Gasteiger partial charge in [-0.1, -0.05) is 170 Å². The fraction of sp³-hybridized carbons (Fsp3) is 0. The Morgan fingerprint density at radius 2 is 0.577 bits per heavy atom. The Bertz CT molecular complexity index is 4750. The maximum Gasteiger partial charge on any atom is 0.160 e. The Morgan fingerprint density at radius 3 is 0.936 bits per heavy atom. The molecule has 0 radical (unpaired) electrons. The molecule has 16 aromatic rings. The van der Waals surface area contributed by atoms with E-state index in [4.69, 9.17) is 9.97 Å². The molecule has 0 amide bonds. The van der Waals surface area contributed by atoms with Crippen LogP contribution >= 0.6 is 0 Å². The van der Waals surface area contributed by atoms with Gasteiger partial charge in [0.25, 0.3) is 0 Å². The number of hydrogen-bond donors (Lipinski definition) is 0. The lowest BCUT2D eigenvalue weighted by atomic mass is 10.0. The number of rotatable bonds is 7. The molecule has 0 aliphatic heterocycles. The number of fused-ring (bicyclic) bond motifs is 12. The molecule has 5 aromatic heterocycles. The van der Waals surface area contributed by atoms with Crippen molar-refractivity contribution in [2.24, 2.45) is 0 Å². The first-order valence-corrected chi connectivity index (χ1v) is 26.3. The molecular weight excluding hydrogens is 951 g/mol. The summed E-state index contributed by atoms with van der Waals surface area (Å²) in [7, 11) is 0. The van der Waals surface area contributed by atoms with E-state index in [1.165, 1.54) is 21.5 Å². The van der Waals surface area contributed by atoms with Gasteiger partial charge in [-0.15, -0.1) is 0 Å². The van der Waals surface area contributed by atoms with Crippen LogP contribution in [0.25, 0.3) is 144 Å². The summed E-state index contributed by atoms with van der Waals surface area (Å²) in [5.41, 5.74) is 16.9. The number of aromatic nitrogens is 6. The van der Waals surface area contributed by atoms with Gasteiger partial charge in [0.05, 0.1) is 66.9 Å². The van der Waals surface area contributed by atoms with Crippen molar-refractivity contribution in [2.75, 3.05) is 0 Å². The van der Waals surface area contributed by atoms with Crippen LogP contribution in [-0.4, -0.2) is 28.2 Å². The van der Waals surface area contributed by atoms with Crippen LogP contribution in [0, 0.1) is 11.3 Å². The molecule has 16 rings (SSSR count). The Hall–Kier alpha value is -10.8. The van der Waals surface area contributed by atoms with Crippen LogP contribution < -0.4 is 0 Å². The third-order valence-corrected chi connectivity index (χ3v) is 15.8. The van der Waals surface area contributed by atoms with Crippen molar-refractivity contribution in [3.05, 3.63) is 266 Å². The molecule has 11 aromatic carbocycles. The van der Waals surface area contributed by atoms with Gasteiger partial charge in [-0.2, -0.15) is 5.26 Å². The smallest absolute Gasteiger partial charge is 0.160 e. The van der Waals surface area contributed by atoms with Crippen molar-refractivity contribution in [3.63, 3.8) is 0 Å². The van der Waals surface area contributed by atoms with E-state index < -0.39 is 0 Å². The molecule has 0 saturated carbocycles. The second-order valence-corrected chi connectivity index (χ2v) is 20.0. The predicted molar refractivity (Wildman–Crippen MR) is 320 cm³/mol. The van der Waals surface area contributed by atoms with E-state index >= 15 is 0 Å². The van der Waals surface area contributed by atoms with Crippen LogP contribution in [0.2, 0.25) is 0 Å². The highest BCUT2D eigenvalue weighted by atomic mass is 15.0. The number of benzene rings is 11. The normalized spacial score (nSPS) is 11.8. The van der Waals surface area contributed by atoms with E-state index in [1.54, 1.807) is 0 Å². The SMILES string of the molecule is N#Cc1c(-n2c3ccccc3c3cc(-n4c5ccccc5c5ccccc54)ccc32)cc(-c2nc(-c3ccccc3)cc(-c3ccccc3)n2)cc1-n1c2ccccc2c2cc(-n3c4ccccc4c4ccccc43)ccc21. The molecule has 0 fully saturated rings. The zero-order chi connectivity index (χ0) is 51.4. The van der Waals surface area contributed by atoms with Crippen molar-refractivity contribution in [1.29, 1.82) is 5.26 Å². The van der Waals surface area contributed by atoms with E-state index in [2.05, 4.69) is 249 Å². The monoisotopic (exact) mass is 993 g/mol. The average Bonchev–Trinajstić information content (AvgIpc) is 4.41. The van der Waals surface area contributed by atoms with Crippen LogP contribution in [0.5, 0.6) is 0 Å². The molecule has 0 N–H and O–H groups in total. The van der Waals surface area contributed by atoms with Crippen LogP contribution in [-0.2, 0) is 0 Å². The highest BCUT2D eigenvalue weighted by molar-refractivity contribution is 6.14. The van der Waals surface area contributed by atoms with Crippen molar-refractivity contribution in [2.45, 2.75) is 0 Å². The molecule has 0 spiro atoms. The van der Waals surface area contributed by atoms with Crippen LogP contribution in [0.3, 0.4) is 0 Å². The van der Waals surface area contributed by atoms with Gasteiger partial charge < -0.3 is 18.3 Å². The Labute approximate surface area is 447 Å². The summed E-state index contributed by atoms with van der Waals surface area (Å²) >= 11 is 0. The van der Waals surface area contributed by atoms with E-state index in [1.807, 2.05) is 36.4 Å². The first-order valence-electron chi connectivity index (χ1n) is 26.3. The van der Waals surface area contributed by atoms with Gasteiger partial charge in [-0.3, -0.25) is 0 Å². The molecule has 78 heavy (non-hydrogen) atoms. The van der Waals surface area contributed by atoms with Crippen LogP contribution in [0.1, 0.15) is 5.56 Å². The quantitative estimate of drug-likeness (QED) is 0.160. The molecule has 0 aliphatic rings. The number of nitrogens with zero attached hydrogens (tertiary/aromatic N) is 7. The van der Waals surface area contributed by atoms with Gasteiger partial charge in [0.15, 0.2) is 5.82 Å². The Kier molecular flexibility index (Phi) is 9.56.